The Morgan fingerprint density at radius 1 is 1.32 bits per heavy atom. The maximum absolute atomic E-state index is 10.4. The highest BCUT2D eigenvalue weighted by molar-refractivity contribution is 5.84. The summed E-state index contributed by atoms with van der Waals surface area (Å²) in [6.45, 7) is -0.458. The highest BCUT2D eigenvalue weighted by Gasteiger charge is 2.45. The van der Waals surface area contributed by atoms with Crippen LogP contribution in [0.5, 0.6) is 0 Å². The zero-order valence-electron chi connectivity index (χ0n) is 14.5. The van der Waals surface area contributed by atoms with Gasteiger partial charge >= 0.3 is 0 Å². The van der Waals surface area contributed by atoms with Crippen LogP contribution in [0.4, 0.5) is 11.8 Å². The van der Waals surface area contributed by atoms with Gasteiger partial charge in [-0.15, -0.1) is 0 Å². The monoisotopic (exact) mass is 386 g/mol. The fourth-order valence-electron chi connectivity index (χ4n) is 2.96. The van der Waals surface area contributed by atoms with Gasteiger partial charge in [0.1, 0.15) is 24.6 Å². The highest BCUT2D eigenvalue weighted by Crippen LogP contribution is 2.35. The van der Waals surface area contributed by atoms with Gasteiger partial charge in [0.05, 0.1) is 12.8 Å². The summed E-state index contributed by atoms with van der Waals surface area (Å²) in [5, 5.41) is 34.0. The number of anilines is 2. The van der Waals surface area contributed by atoms with Gasteiger partial charge in [-0.05, 0) is 6.07 Å². The van der Waals surface area contributed by atoms with Crippen molar-refractivity contribution >= 4 is 29.1 Å². The molecule has 1 fully saturated rings. The first kappa shape index (κ1) is 18.2. The van der Waals surface area contributed by atoms with Crippen molar-refractivity contribution in [2.24, 2.45) is 5.10 Å². The number of nitrogens with two attached hydrogens (primary N) is 1. The van der Waals surface area contributed by atoms with Gasteiger partial charge in [0, 0.05) is 18.0 Å². The Hall–Kier alpha value is -3.19. The molecule has 3 aromatic heterocycles. The predicted octanol–water partition coefficient (Wildman–Crippen LogP) is -1.14. The van der Waals surface area contributed by atoms with Crippen molar-refractivity contribution < 1.29 is 20.1 Å². The van der Waals surface area contributed by atoms with Crippen molar-refractivity contribution in [1.82, 2.24) is 24.5 Å². The second-order valence-corrected chi connectivity index (χ2v) is 6.12. The number of hydrazone groups is 1. The second kappa shape index (κ2) is 7.44. The lowest BCUT2D eigenvalue weighted by Gasteiger charge is -2.18. The van der Waals surface area contributed by atoms with E-state index >= 15 is 0 Å². The van der Waals surface area contributed by atoms with Crippen molar-refractivity contribution in [3.8, 4) is 0 Å². The maximum Gasteiger partial charge on any atom is 0.228 e. The van der Waals surface area contributed by atoms with Gasteiger partial charge in [-0.25, -0.2) is 20.4 Å². The summed E-state index contributed by atoms with van der Waals surface area (Å²) < 4.78 is 7.02. The minimum atomic E-state index is -1.33. The smallest absolute Gasteiger partial charge is 0.228 e. The molecule has 0 aliphatic carbocycles. The van der Waals surface area contributed by atoms with Crippen LogP contribution in [0.1, 0.15) is 11.8 Å². The molecule has 0 aromatic carbocycles. The number of nitrogens with one attached hydrogen (secondary N) is 1. The summed E-state index contributed by atoms with van der Waals surface area (Å²) in [4.78, 5) is 16.4. The molecule has 12 nitrogen and oxygen atoms in total. The number of nitrogen functional groups attached to an aromatic ring is 1. The van der Waals surface area contributed by atoms with E-state index in [2.05, 4.69) is 30.5 Å². The van der Waals surface area contributed by atoms with Gasteiger partial charge in [0.2, 0.25) is 5.95 Å². The molecule has 0 bridgehead atoms. The lowest BCUT2D eigenvalue weighted by atomic mass is 10.1. The largest absolute Gasteiger partial charge is 0.394 e. The number of aliphatic hydroxyl groups is 3. The molecule has 0 unspecified atom stereocenters. The number of pyridine rings is 1. The molecule has 4 rings (SSSR count). The molecule has 1 saturated heterocycles. The molecule has 146 valence electrons. The van der Waals surface area contributed by atoms with Crippen LogP contribution in [0.15, 0.2) is 36.0 Å². The van der Waals surface area contributed by atoms with E-state index in [0.29, 0.717) is 0 Å². The number of hydrogen-bond acceptors (Lipinski definition) is 11. The van der Waals surface area contributed by atoms with Crippen LogP contribution in [-0.2, 0) is 4.74 Å². The molecule has 0 radical (unpaired) electrons. The Morgan fingerprint density at radius 2 is 2.18 bits per heavy atom. The third kappa shape index (κ3) is 3.14. The lowest BCUT2D eigenvalue weighted by Crippen LogP contribution is -2.33. The molecule has 0 saturated carbocycles. The SMILES string of the molecule is Nc1ncnc2c1nc(N/N=C\c1cccnc1)n2[C@H]1O[C@@H](CO)[C@@H](O)[C@@H]1O. The van der Waals surface area contributed by atoms with Crippen molar-refractivity contribution in [2.75, 3.05) is 17.8 Å². The summed E-state index contributed by atoms with van der Waals surface area (Å²) in [5.41, 5.74) is 9.95. The van der Waals surface area contributed by atoms with Crippen LogP contribution < -0.4 is 11.2 Å². The molecular weight excluding hydrogens is 368 g/mol. The molecular formula is C16H18N8O4. The summed E-state index contributed by atoms with van der Waals surface area (Å²) in [6.07, 6.45) is 1.43. The normalized spacial score (nSPS) is 25.0. The van der Waals surface area contributed by atoms with Gasteiger partial charge in [-0.1, -0.05) is 6.07 Å². The molecule has 4 heterocycles. The molecule has 6 N–H and O–H groups in total. The Morgan fingerprint density at radius 3 is 2.89 bits per heavy atom. The quantitative estimate of drug-likeness (QED) is 0.266. The molecule has 3 aromatic rings. The zero-order chi connectivity index (χ0) is 19.7. The molecule has 28 heavy (non-hydrogen) atoms. The molecule has 12 heteroatoms. The van der Waals surface area contributed by atoms with Crippen LogP contribution in [0.25, 0.3) is 11.2 Å². The third-order valence-corrected chi connectivity index (χ3v) is 4.34. The summed E-state index contributed by atoms with van der Waals surface area (Å²) in [6, 6.07) is 3.59. The lowest BCUT2D eigenvalue weighted by molar-refractivity contribution is -0.0501. The van der Waals surface area contributed by atoms with Crippen LogP contribution in [0.2, 0.25) is 0 Å². The number of nitrogens with zero attached hydrogens (tertiary/aromatic N) is 6. The van der Waals surface area contributed by atoms with Crippen LogP contribution in [-0.4, -0.2) is 71.0 Å². The summed E-state index contributed by atoms with van der Waals surface area (Å²) in [7, 11) is 0. The van der Waals surface area contributed by atoms with E-state index in [1.54, 1.807) is 18.5 Å². The maximum atomic E-state index is 10.4. The summed E-state index contributed by atoms with van der Waals surface area (Å²) >= 11 is 0. The van der Waals surface area contributed by atoms with Crippen LogP contribution in [0.3, 0.4) is 0 Å². The van der Waals surface area contributed by atoms with E-state index < -0.39 is 31.1 Å². The summed E-state index contributed by atoms with van der Waals surface area (Å²) in [5.74, 6) is 0.298. The van der Waals surface area contributed by atoms with E-state index in [-0.39, 0.29) is 22.9 Å². The number of imidazole rings is 1. The first-order valence-corrected chi connectivity index (χ1v) is 8.40. The Balaban J connectivity index is 1.73. The topological polar surface area (TPSA) is 177 Å². The Kier molecular flexibility index (Phi) is 4.83. The average Bonchev–Trinajstić information content (AvgIpc) is 3.21. The molecule has 1 aliphatic rings. The molecule has 0 amide bonds. The van der Waals surface area contributed by atoms with Crippen molar-refractivity contribution in [3.05, 3.63) is 36.4 Å². The first-order chi connectivity index (χ1) is 13.6. The molecule has 1 aliphatic heterocycles. The number of fused-ring (bicyclic) bond motifs is 1. The second-order valence-electron chi connectivity index (χ2n) is 6.12. The number of ether oxygens (including phenoxy) is 1. The third-order valence-electron chi connectivity index (χ3n) is 4.34. The van der Waals surface area contributed by atoms with Crippen molar-refractivity contribution in [2.45, 2.75) is 24.5 Å². The zero-order valence-corrected chi connectivity index (χ0v) is 14.5. The van der Waals surface area contributed by atoms with Crippen molar-refractivity contribution in [3.63, 3.8) is 0 Å². The minimum Gasteiger partial charge on any atom is -0.394 e. The Bertz CT molecular complexity index is 995. The van der Waals surface area contributed by atoms with E-state index in [1.807, 2.05) is 6.07 Å². The number of aromatic nitrogens is 5. The van der Waals surface area contributed by atoms with Crippen LogP contribution >= 0.6 is 0 Å². The number of rotatable bonds is 5. The first-order valence-electron chi connectivity index (χ1n) is 8.40. The van der Waals surface area contributed by atoms with Crippen LogP contribution in [0, 0.1) is 0 Å². The fourth-order valence-corrected chi connectivity index (χ4v) is 2.96. The number of hydrogen-bond donors (Lipinski definition) is 5. The van der Waals surface area contributed by atoms with Gasteiger partial charge < -0.3 is 25.8 Å². The number of aliphatic hydroxyl groups excluding tert-OH is 3. The fraction of sp³-hybridized carbons (Fsp3) is 0.312. The van der Waals surface area contributed by atoms with E-state index in [4.69, 9.17) is 10.5 Å². The molecule has 4 atom stereocenters. The van der Waals surface area contributed by atoms with E-state index in [9.17, 15) is 15.3 Å². The minimum absolute atomic E-state index is 0.134. The van der Waals surface area contributed by atoms with Gasteiger partial charge in [-0.3, -0.25) is 9.55 Å². The predicted molar refractivity (Wildman–Crippen MR) is 98.2 cm³/mol. The molecule has 0 spiro atoms. The van der Waals surface area contributed by atoms with E-state index in [0.717, 1.165) is 5.56 Å². The van der Waals surface area contributed by atoms with Gasteiger partial charge in [0.15, 0.2) is 23.2 Å². The van der Waals surface area contributed by atoms with Gasteiger partial charge in [-0.2, -0.15) is 5.10 Å². The van der Waals surface area contributed by atoms with Gasteiger partial charge in [0.25, 0.3) is 0 Å². The van der Waals surface area contributed by atoms with E-state index in [1.165, 1.54) is 17.1 Å². The Labute approximate surface area is 158 Å². The standard InChI is InChI=1S/C16H18N8O4/c17-13-10-14(20-7-19-13)24(15-12(27)11(26)9(6-25)28-15)16(22-10)23-21-5-8-2-1-3-18-4-8/h1-5,7,9,11-12,15,25-27H,6H2,(H,22,23)(H2,17,19,20)/b21-5-/t9-,11+,12-,15-/m0/s1. The van der Waals surface area contributed by atoms with Crippen molar-refractivity contribution in [1.29, 1.82) is 0 Å². The highest BCUT2D eigenvalue weighted by atomic mass is 16.6. The average molecular weight is 386 g/mol.